The summed E-state index contributed by atoms with van der Waals surface area (Å²) < 4.78 is 31.9. The normalized spacial score (nSPS) is 13.0. The molecule has 0 aliphatic heterocycles. The molecule has 0 bridgehead atoms. The number of ether oxygens (including phenoxy) is 1. The van der Waals surface area contributed by atoms with Crippen LogP contribution in [0, 0.1) is 0 Å². The summed E-state index contributed by atoms with van der Waals surface area (Å²) in [6.07, 6.45) is 1.59. The van der Waals surface area contributed by atoms with E-state index in [4.69, 9.17) is 15.4 Å². The van der Waals surface area contributed by atoms with Gasteiger partial charge in [-0.05, 0) is 25.5 Å². The Morgan fingerprint density at radius 3 is 2.47 bits per heavy atom. The Bertz CT molecular complexity index is 891. The van der Waals surface area contributed by atoms with Crippen molar-refractivity contribution in [3.05, 3.63) is 59.3 Å². The highest BCUT2D eigenvalue weighted by atomic mass is 19.3. The summed E-state index contributed by atoms with van der Waals surface area (Å²) in [5.74, 6) is 2.98. The van der Waals surface area contributed by atoms with Gasteiger partial charge in [0, 0.05) is 30.3 Å². The van der Waals surface area contributed by atoms with E-state index in [1.165, 1.54) is 12.1 Å². The van der Waals surface area contributed by atoms with Crippen molar-refractivity contribution in [2.75, 3.05) is 13.2 Å². The molecular weight excluding hydrogens is 394 g/mol. The van der Waals surface area contributed by atoms with Crippen LogP contribution < -0.4 is 10.6 Å². The van der Waals surface area contributed by atoms with Gasteiger partial charge < -0.3 is 15.4 Å². The number of aromatic nitrogens is 1. The number of hydrogen-bond donors (Lipinski definition) is 1. The molecule has 0 fully saturated rings. The molecular formula is C20H24F2N6O2. The Balaban J connectivity index is 1.88. The number of hydrazone groups is 1. The number of amidine groups is 1. The fraction of sp³-hybridized carbons (Fsp3) is 0.350. The van der Waals surface area contributed by atoms with Crippen LogP contribution in [0.3, 0.4) is 0 Å². The van der Waals surface area contributed by atoms with E-state index in [0.717, 1.165) is 18.1 Å². The van der Waals surface area contributed by atoms with Gasteiger partial charge in [0.25, 0.3) is 5.92 Å². The lowest BCUT2D eigenvalue weighted by Crippen LogP contribution is -2.12. The molecule has 0 unspecified atom stereocenters. The van der Waals surface area contributed by atoms with Crippen LogP contribution in [0.25, 0.3) is 0 Å². The van der Waals surface area contributed by atoms with Crippen molar-refractivity contribution in [1.29, 1.82) is 0 Å². The molecule has 160 valence electrons. The van der Waals surface area contributed by atoms with Gasteiger partial charge in [0.15, 0.2) is 6.61 Å². The first kappa shape index (κ1) is 22.9. The zero-order valence-corrected chi connectivity index (χ0v) is 17.0. The maximum atomic E-state index is 13.2. The number of azo groups is 1. The van der Waals surface area contributed by atoms with Crippen LogP contribution in [0.2, 0.25) is 0 Å². The molecule has 2 rings (SSSR count). The highest BCUT2D eigenvalue weighted by Crippen LogP contribution is 2.26. The van der Waals surface area contributed by atoms with Gasteiger partial charge in [-0.1, -0.05) is 29.4 Å². The Hall–Kier alpha value is -3.43. The third-order valence-corrected chi connectivity index (χ3v) is 3.87. The Morgan fingerprint density at radius 1 is 1.17 bits per heavy atom. The van der Waals surface area contributed by atoms with Crippen molar-refractivity contribution >= 4 is 11.5 Å². The fourth-order valence-electron chi connectivity index (χ4n) is 2.21. The summed E-state index contributed by atoms with van der Waals surface area (Å²) in [6, 6.07) is 9.37. The van der Waals surface area contributed by atoms with Gasteiger partial charge >= 0.3 is 0 Å². The van der Waals surface area contributed by atoms with Gasteiger partial charge in [0.05, 0.1) is 12.3 Å². The number of oxime groups is 1. The summed E-state index contributed by atoms with van der Waals surface area (Å²) in [5.41, 5.74) is 2.03. The molecule has 0 aliphatic carbocycles. The number of rotatable bonds is 9. The molecule has 2 N–H and O–H groups in total. The third kappa shape index (κ3) is 7.19. The van der Waals surface area contributed by atoms with Crippen LogP contribution in [-0.2, 0) is 17.4 Å². The molecule has 8 nitrogen and oxygen atoms in total. The molecule has 2 aromatic rings. The Labute approximate surface area is 173 Å². The van der Waals surface area contributed by atoms with Crippen LogP contribution in [0.5, 0.6) is 5.88 Å². The molecule has 1 aromatic carbocycles. The minimum atomic E-state index is -2.87. The van der Waals surface area contributed by atoms with Crippen molar-refractivity contribution in [3.63, 3.8) is 0 Å². The van der Waals surface area contributed by atoms with Crippen LogP contribution in [-0.4, -0.2) is 29.7 Å². The predicted molar refractivity (Wildman–Crippen MR) is 110 cm³/mol. The molecule has 0 amide bonds. The fourth-order valence-corrected chi connectivity index (χ4v) is 2.21. The van der Waals surface area contributed by atoms with Crippen molar-refractivity contribution < 1.29 is 18.4 Å². The summed E-state index contributed by atoms with van der Waals surface area (Å²) >= 11 is 0. The highest BCUT2D eigenvalue weighted by Gasteiger charge is 2.23. The Kier molecular flexibility index (Phi) is 8.33. The van der Waals surface area contributed by atoms with Crippen molar-refractivity contribution in [1.82, 2.24) is 4.98 Å². The topological polar surface area (TPSA) is 107 Å². The van der Waals surface area contributed by atoms with Gasteiger partial charge in [-0.3, -0.25) is 0 Å². The summed E-state index contributed by atoms with van der Waals surface area (Å²) in [5, 5.41) is 15.2. The van der Waals surface area contributed by atoms with Gasteiger partial charge in [-0.15, -0.1) is 5.11 Å². The minimum absolute atomic E-state index is 0.0439. The molecule has 0 saturated heterocycles. The van der Waals surface area contributed by atoms with E-state index in [1.807, 2.05) is 6.92 Å². The van der Waals surface area contributed by atoms with Crippen molar-refractivity contribution in [2.45, 2.75) is 33.3 Å². The predicted octanol–water partition coefficient (Wildman–Crippen LogP) is 4.26. The summed E-state index contributed by atoms with van der Waals surface area (Å²) in [4.78, 5) is 9.50. The van der Waals surface area contributed by atoms with Gasteiger partial charge in [-0.25, -0.2) is 13.8 Å². The molecule has 30 heavy (non-hydrogen) atoms. The number of benzene rings is 1. The molecule has 0 radical (unpaired) electrons. The van der Waals surface area contributed by atoms with Crippen molar-refractivity contribution in [3.8, 4) is 5.88 Å². The maximum absolute atomic E-state index is 13.2. The molecule has 10 heteroatoms. The molecule has 1 heterocycles. The number of halogens is 2. The lowest BCUT2D eigenvalue weighted by atomic mass is 10.1. The average molecular weight is 418 g/mol. The largest absolute Gasteiger partial charge is 0.469 e. The second kappa shape index (κ2) is 10.9. The second-order valence-corrected chi connectivity index (χ2v) is 6.31. The molecule has 1 aromatic heterocycles. The first-order chi connectivity index (χ1) is 14.3. The standard InChI is InChI=1S/C20H24F2N6O2/c1-4-25-27-18(26-23)13-29-19-10-7-16(11-24-19)14(2)28-30-12-15-5-8-17(9-6-15)20(3,21)22/h5-11H,4,12-13,23H2,1-3H3/b26-18?,27-25?,28-14+. The number of alkyl halides is 2. The van der Waals surface area contributed by atoms with E-state index in [0.29, 0.717) is 18.1 Å². The third-order valence-electron chi connectivity index (χ3n) is 3.87. The maximum Gasteiger partial charge on any atom is 0.270 e. The van der Waals surface area contributed by atoms with E-state index >= 15 is 0 Å². The van der Waals surface area contributed by atoms with E-state index < -0.39 is 5.92 Å². The van der Waals surface area contributed by atoms with E-state index in [1.54, 1.807) is 37.4 Å². The SMILES string of the molecule is CCN=NC(COc1ccc(/C(C)=N/OCc2ccc(C(C)(F)F)cc2)cn1)=NN. The zero-order chi connectivity index (χ0) is 22.0. The van der Waals surface area contributed by atoms with Gasteiger partial charge in [0.2, 0.25) is 11.7 Å². The van der Waals surface area contributed by atoms with E-state index in [2.05, 4.69) is 25.5 Å². The number of pyridine rings is 1. The lowest BCUT2D eigenvalue weighted by Gasteiger charge is -2.10. The zero-order valence-electron chi connectivity index (χ0n) is 17.0. The van der Waals surface area contributed by atoms with Crippen LogP contribution in [0.1, 0.15) is 37.5 Å². The van der Waals surface area contributed by atoms with Crippen LogP contribution in [0.4, 0.5) is 8.78 Å². The number of nitrogens with zero attached hydrogens (tertiary/aromatic N) is 5. The van der Waals surface area contributed by atoms with E-state index in [9.17, 15) is 8.78 Å². The quantitative estimate of drug-likeness (QED) is 0.216. The summed E-state index contributed by atoms with van der Waals surface area (Å²) in [6.45, 7) is 5.20. The molecule has 0 atom stereocenters. The van der Waals surface area contributed by atoms with Crippen LogP contribution in [0.15, 0.2) is 63.1 Å². The average Bonchev–Trinajstić information content (AvgIpc) is 2.74. The molecule has 0 saturated carbocycles. The highest BCUT2D eigenvalue weighted by molar-refractivity contribution is 5.98. The molecule has 0 spiro atoms. The first-order valence-electron chi connectivity index (χ1n) is 9.20. The number of hydrogen-bond acceptors (Lipinski definition) is 7. The Morgan fingerprint density at radius 2 is 1.90 bits per heavy atom. The van der Waals surface area contributed by atoms with Crippen molar-refractivity contribution in [2.24, 2.45) is 26.3 Å². The van der Waals surface area contributed by atoms with Crippen LogP contribution >= 0.6 is 0 Å². The minimum Gasteiger partial charge on any atom is -0.469 e. The summed E-state index contributed by atoms with van der Waals surface area (Å²) in [7, 11) is 0. The smallest absolute Gasteiger partial charge is 0.270 e. The van der Waals surface area contributed by atoms with E-state index in [-0.39, 0.29) is 24.6 Å². The first-order valence-corrected chi connectivity index (χ1v) is 9.20. The number of nitrogens with two attached hydrogens (primary N) is 1. The van der Waals surface area contributed by atoms with Gasteiger partial charge in [-0.2, -0.15) is 10.2 Å². The lowest BCUT2D eigenvalue weighted by molar-refractivity contribution is 0.0174. The second-order valence-electron chi connectivity index (χ2n) is 6.31. The molecule has 0 aliphatic rings. The van der Waals surface area contributed by atoms with Gasteiger partial charge in [0.1, 0.15) is 6.61 Å². The monoisotopic (exact) mass is 418 g/mol.